The number of nitrogens with one attached hydrogen (secondary N) is 1. The zero-order valence-electron chi connectivity index (χ0n) is 11.5. The second kappa shape index (κ2) is 3.99. The van der Waals surface area contributed by atoms with Crippen LogP contribution in [0.1, 0.15) is 53.4 Å². The number of hydrogen-bond acceptors (Lipinski definition) is 2. The SMILES string of the molecule is COC1CC(NC2CCC(C)(C)C2)C1(C)C. The van der Waals surface area contributed by atoms with Crippen molar-refractivity contribution in [3.63, 3.8) is 0 Å². The summed E-state index contributed by atoms with van der Waals surface area (Å²) in [7, 11) is 1.83. The highest BCUT2D eigenvalue weighted by Crippen LogP contribution is 2.44. The predicted octanol–water partition coefficient (Wildman–Crippen LogP) is 2.97. The molecule has 0 spiro atoms. The van der Waals surface area contributed by atoms with E-state index < -0.39 is 0 Å². The molecule has 0 aromatic heterocycles. The molecule has 0 aliphatic heterocycles. The first-order chi connectivity index (χ1) is 7.35. The Kier molecular flexibility index (Phi) is 3.09. The minimum absolute atomic E-state index is 0.307. The third kappa shape index (κ3) is 2.14. The number of ether oxygens (including phenoxy) is 1. The molecule has 94 valence electrons. The molecule has 0 aromatic carbocycles. The van der Waals surface area contributed by atoms with Crippen molar-refractivity contribution in [2.24, 2.45) is 10.8 Å². The third-order valence-electron chi connectivity index (χ3n) is 4.87. The van der Waals surface area contributed by atoms with E-state index in [0.717, 1.165) is 6.04 Å². The lowest BCUT2D eigenvalue weighted by atomic mass is 9.64. The van der Waals surface area contributed by atoms with Crippen molar-refractivity contribution in [3.05, 3.63) is 0 Å². The van der Waals surface area contributed by atoms with Crippen molar-refractivity contribution in [2.45, 2.75) is 71.6 Å². The minimum atomic E-state index is 0.307. The maximum atomic E-state index is 5.50. The Balaban J connectivity index is 1.84. The maximum Gasteiger partial charge on any atom is 0.0652 e. The van der Waals surface area contributed by atoms with Gasteiger partial charge in [0.1, 0.15) is 0 Å². The number of rotatable bonds is 3. The van der Waals surface area contributed by atoms with Gasteiger partial charge in [0.25, 0.3) is 0 Å². The van der Waals surface area contributed by atoms with Gasteiger partial charge >= 0.3 is 0 Å². The van der Waals surface area contributed by atoms with Gasteiger partial charge in [0, 0.05) is 24.6 Å². The molecule has 0 heterocycles. The van der Waals surface area contributed by atoms with E-state index in [2.05, 4.69) is 33.0 Å². The van der Waals surface area contributed by atoms with E-state index in [4.69, 9.17) is 4.74 Å². The second-order valence-electron chi connectivity index (χ2n) is 7.10. The predicted molar refractivity (Wildman–Crippen MR) is 67.5 cm³/mol. The summed E-state index contributed by atoms with van der Waals surface area (Å²) in [5.41, 5.74) is 0.855. The van der Waals surface area contributed by atoms with Crippen LogP contribution in [0.15, 0.2) is 0 Å². The second-order valence-corrected chi connectivity index (χ2v) is 7.10. The maximum absolute atomic E-state index is 5.50. The van der Waals surface area contributed by atoms with Crippen molar-refractivity contribution < 1.29 is 4.74 Å². The monoisotopic (exact) mass is 225 g/mol. The topological polar surface area (TPSA) is 21.3 Å². The first kappa shape index (κ1) is 12.4. The number of methoxy groups -OCH3 is 1. The zero-order chi connectivity index (χ0) is 12.0. The lowest BCUT2D eigenvalue weighted by Gasteiger charge is -2.52. The molecular formula is C14H27NO. The Hall–Kier alpha value is -0.0800. The van der Waals surface area contributed by atoms with Crippen LogP contribution in [0, 0.1) is 10.8 Å². The molecule has 1 N–H and O–H groups in total. The van der Waals surface area contributed by atoms with Crippen LogP contribution >= 0.6 is 0 Å². The fourth-order valence-electron chi connectivity index (χ4n) is 3.43. The van der Waals surface area contributed by atoms with E-state index in [1.807, 2.05) is 7.11 Å². The standard InChI is InChI=1S/C14H27NO/c1-13(2)7-6-10(9-13)15-11-8-12(16-5)14(11,3)4/h10-12,15H,6-9H2,1-5H3. The Labute approximate surface area is 100 Å². The fraction of sp³-hybridized carbons (Fsp3) is 1.00. The van der Waals surface area contributed by atoms with Crippen LogP contribution in [0.3, 0.4) is 0 Å². The van der Waals surface area contributed by atoms with Crippen LogP contribution in [0.2, 0.25) is 0 Å². The average Bonchev–Trinajstić information content (AvgIpc) is 2.52. The van der Waals surface area contributed by atoms with Gasteiger partial charge in [0.05, 0.1) is 6.10 Å². The number of hydrogen-bond donors (Lipinski definition) is 1. The highest BCUT2D eigenvalue weighted by atomic mass is 16.5. The summed E-state index contributed by atoms with van der Waals surface area (Å²) in [5, 5.41) is 3.85. The summed E-state index contributed by atoms with van der Waals surface area (Å²) in [5.74, 6) is 0. The van der Waals surface area contributed by atoms with Crippen LogP contribution in [-0.4, -0.2) is 25.3 Å². The summed E-state index contributed by atoms with van der Waals surface area (Å²) in [6.45, 7) is 9.42. The molecule has 3 unspecified atom stereocenters. The smallest absolute Gasteiger partial charge is 0.0652 e. The van der Waals surface area contributed by atoms with E-state index in [0.29, 0.717) is 23.0 Å². The molecule has 2 aliphatic carbocycles. The third-order valence-corrected chi connectivity index (χ3v) is 4.87. The van der Waals surface area contributed by atoms with Gasteiger partial charge in [-0.05, 0) is 31.1 Å². The normalized spacial score (nSPS) is 40.7. The highest BCUT2D eigenvalue weighted by Gasteiger charge is 2.49. The molecule has 2 heteroatoms. The summed E-state index contributed by atoms with van der Waals surface area (Å²) < 4.78 is 5.50. The van der Waals surface area contributed by atoms with Crippen LogP contribution in [-0.2, 0) is 4.74 Å². The van der Waals surface area contributed by atoms with Gasteiger partial charge in [-0.15, -0.1) is 0 Å². The molecule has 0 bridgehead atoms. The van der Waals surface area contributed by atoms with Crippen LogP contribution in [0.5, 0.6) is 0 Å². The lowest BCUT2D eigenvalue weighted by molar-refractivity contribution is -0.100. The first-order valence-electron chi connectivity index (χ1n) is 6.64. The van der Waals surface area contributed by atoms with Crippen LogP contribution < -0.4 is 5.32 Å². The van der Waals surface area contributed by atoms with Crippen molar-refractivity contribution in [3.8, 4) is 0 Å². The summed E-state index contributed by atoms with van der Waals surface area (Å²) >= 11 is 0. The summed E-state index contributed by atoms with van der Waals surface area (Å²) in [6, 6.07) is 1.38. The van der Waals surface area contributed by atoms with Crippen molar-refractivity contribution in [1.82, 2.24) is 5.32 Å². The molecule has 2 aliphatic rings. The average molecular weight is 225 g/mol. The van der Waals surface area contributed by atoms with Gasteiger partial charge in [0.2, 0.25) is 0 Å². The summed E-state index contributed by atoms with van der Waals surface area (Å²) in [4.78, 5) is 0. The van der Waals surface area contributed by atoms with E-state index in [1.165, 1.54) is 25.7 Å². The fourth-order valence-corrected chi connectivity index (χ4v) is 3.43. The molecule has 2 rings (SSSR count). The Morgan fingerprint density at radius 2 is 1.88 bits per heavy atom. The molecule has 0 saturated heterocycles. The van der Waals surface area contributed by atoms with Crippen LogP contribution in [0.25, 0.3) is 0 Å². The molecule has 0 amide bonds. The quantitative estimate of drug-likeness (QED) is 0.797. The first-order valence-corrected chi connectivity index (χ1v) is 6.64. The lowest BCUT2D eigenvalue weighted by Crippen LogP contribution is -2.62. The van der Waals surface area contributed by atoms with Gasteiger partial charge in [-0.3, -0.25) is 0 Å². The van der Waals surface area contributed by atoms with Crippen LogP contribution in [0.4, 0.5) is 0 Å². The Morgan fingerprint density at radius 3 is 2.31 bits per heavy atom. The van der Waals surface area contributed by atoms with E-state index in [1.54, 1.807) is 0 Å². The molecule has 2 saturated carbocycles. The zero-order valence-corrected chi connectivity index (χ0v) is 11.5. The molecule has 0 aromatic rings. The minimum Gasteiger partial charge on any atom is -0.381 e. The van der Waals surface area contributed by atoms with Crippen molar-refractivity contribution >= 4 is 0 Å². The van der Waals surface area contributed by atoms with Gasteiger partial charge < -0.3 is 10.1 Å². The van der Waals surface area contributed by atoms with Crippen molar-refractivity contribution in [2.75, 3.05) is 7.11 Å². The van der Waals surface area contributed by atoms with Crippen molar-refractivity contribution in [1.29, 1.82) is 0 Å². The summed E-state index contributed by atoms with van der Waals surface area (Å²) in [6.07, 6.45) is 5.67. The van der Waals surface area contributed by atoms with Gasteiger partial charge in [0.15, 0.2) is 0 Å². The van der Waals surface area contributed by atoms with Gasteiger partial charge in [-0.1, -0.05) is 27.7 Å². The van der Waals surface area contributed by atoms with Gasteiger partial charge in [-0.2, -0.15) is 0 Å². The van der Waals surface area contributed by atoms with E-state index in [9.17, 15) is 0 Å². The molecule has 2 fully saturated rings. The largest absolute Gasteiger partial charge is 0.381 e. The van der Waals surface area contributed by atoms with Gasteiger partial charge in [-0.25, -0.2) is 0 Å². The Morgan fingerprint density at radius 1 is 1.19 bits per heavy atom. The Bertz CT molecular complexity index is 259. The molecule has 16 heavy (non-hydrogen) atoms. The molecule has 2 nitrogen and oxygen atoms in total. The van der Waals surface area contributed by atoms with E-state index >= 15 is 0 Å². The highest BCUT2D eigenvalue weighted by molar-refractivity contribution is 5.04. The van der Waals surface area contributed by atoms with E-state index in [-0.39, 0.29) is 0 Å². The molecule has 0 radical (unpaired) electrons. The molecule has 3 atom stereocenters. The molecular weight excluding hydrogens is 198 g/mol.